The molecule has 0 fully saturated rings. The number of anilines is 1. The lowest BCUT2D eigenvalue weighted by atomic mass is 10.2. The van der Waals surface area contributed by atoms with Gasteiger partial charge < -0.3 is 5.73 Å². The molecule has 0 spiro atoms. The molecular weight excluding hydrogens is 233 g/mol. The number of aromatic nitrogens is 2. The zero-order chi connectivity index (χ0) is 10.8. The zero-order valence-corrected chi connectivity index (χ0v) is 9.13. The molecule has 0 atom stereocenters. The van der Waals surface area contributed by atoms with Gasteiger partial charge in [0, 0.05) is 11.8 Å². The lowest BCUT2D eigenvalue weighted by Gasteiger charge is -2.02. The van der Waals surface area contributed by atoms with Crippen molar-refractivity contribution in [1.29, 1.82) is 0 Å². The quantitative estimate of drug-likeness (QED) is 0.833. The number of hydrogen-bond donors (Lipinski definition) is 1. The highest BCUT2D eigenvalue weighted by molar-refractivity contribution is 6.42. The van der Waals surface area contributed by atoms with Gasteiger partial charge in [-0.3, -0.25) is 0 Å². The Morgan fingerprint density at radius 3 is 2.53 bits per heavy atom. The first kappa shape index (κ1) is 10.2. The Balaban J connectivity index is 2.50. The third kappa shape index (κ3) is 2.19. The Morgan fingerprint density at radius 2 is 1.87 bits per heavy atom. The van der Waals surface area contributed by atoms with Gasteiger partial charge in [0.05, 0.1) is 10.0 Å². The van der Waals surface area contributed by atoms with E-state index in [9.17, 15) is 0 Å². The van der Waals surface area contributed by atoms with E-state index in [1.807, 2.05) is 0 Å². The Labute approximate surface area is 96.9 Å². The van der Waals surface area contributed by atoms with E-state index in [-0.39, 0.29) is 0 Å². The van der Waals surface area contributed by atoms with Crippen LogP contribution in [-0.4, -0.2) is 9.97 Å². The van der Waals surface area contributed by atoms with E-state index in [1.165, 1.54) is 0 Å². The molecule has 0 radical (unpaired) electrons. The molecule has 15 heavy (non-hydrogen) atoms. The van der Waals surface area contributed by atoms with Crippen LogP contribution in [0.4, 0.5) is 5.82 Å². The number of halogens is 2. The van der Waals surface area contributed by atoms with Gasteiger partial charge in [-0.25, -0.2) is 9.97 Å². The van der Waals surface area contributed by atoms with E-state index in [2.05, 4.69) is 9.97 Å². The highest BCUT2D eigenvalue weighted by atomic mass is 35.5. The van der Waals surface area contributed by atoms with E-state index >= 15 is 0 Å². The van der Waals surface area contributed by atoms with Crippen molar-refractivity contribution in [3.63, 3.8) is 0 Å². The van der Waals surface area contributed by atoms with Crippen LogP contribution in [0.2, 0.25) is 10.0 Å². The van der Waals surface area contributed by atoms with Gasteiger partial charge in [-0.1, -0.05) is 23.2 Å². The standard InChI is InChI=1S/C10H7Cl2N3/c11-7-2-1-6(5-8(7)12)10-14-4-3-9(13)15-10/h1-5H,(H2,13,14,15). The summed E-state index contributed by atoms with van der Waals surface area (Å²) < 4.78 is 0. The van der Waals surface area contributed by atoms with Gasteiger partial charge in [0.2, 0.25) is 0 Å². The molecule has 0 saturated carbocycles. The van der Waals surface area contributed by atoms with Gasteiger partial charge in [0.1, 0.15) is 5.82 Å². The summed E-state index contributed by atoms with van der Waals surface area (Å²) in [7, 11) is 0. The van der Waals surface area contributed by atoms with Gasteiger partial charge in [0.25, 0.3) is 0 Å². The van der Waals surface area contributed by atoms with Gasteiger partial charge in [-0.15, -0.1) is 0 Å². The smallest absolute Gasteiger partial charge is 0.161 e. The number of rotatable bonds is 1. The molecule has 0 aliphatic rings. The normalized spacial score (nSPS) is 10.3. The zero-order valence-electron chi connectivity index (χ0n) is 7.61. The van der Waals surface area contributed by atoms with Crippen LogP contribution in [0.5, 0.6) is 0 Å². The molecule has 2 rings (SSSR count). The summed E-state index contributed by atoms with van der Waals surface area (Å²) in [5, 5.41) is 0.976. The maximum absolute atomic E-state index is 5.88. The molecule has 0 amide bonds. The van der Waals surface area contributed by atoms with Crippen LogP contribution in [0.3, 0.4) is 0 Å². The summed E-state index contributed by atoms with van der Waals surface area (Å²) >= 11 is 11.7. The van der Waals surface area contributed by atoms with E-state index in [4.69, 9.17) is 28.9 Å². The van der Waals surface area contributed by atoms with Crippen LogP contribution < -0.4 is 5.73 Å². The summed E-state index contributed by atoms with van der Waals surface area (Å²) in [4.78, 5) is 8.17. The summed E-state index contributed by atoms with van der Waals surface area (Å²) in [6.45, 7) is 0. The second kappa shape index (κ2) is 4.04. The minimum atomic E-state index is 0.422. The van der Waals surface area contributed by atoms with E-state index < -0.39 is 0 Å². The van der Waals surface area contributed by atoms with Crippen molar-refractivity contribution in [1.82, 2.24) is 9.97 Å². The summed E-state index contributed by atoms with van der Waals surface area (Å²) in [5.41, 5.74) is 6.34. The summed E-state index contributed by atoms with van der Waals surface area (Å²) in [6.07, 6.45) is 1.60. The predicted octanol–water partition coefficient (Wildman–Crippen LogP) is 3.03. The molecule has 0 bridgehead atoms. The van der Waals surface area contributed by atoms with Crippen molar-refractivity contribution < 1.29 is 0 Å². The second-order valence-corrected chi connectivity index (χ2v) is 3.75. The number of hydrogen-bond acceptors (Lipinski definition) is 3. The first-order valence-electron chi connectivity index (χ1n) is 4.21. The highest BCUT2D eigenvalue weighted by Crippen LogP contribution is 2.26. The molecule has 1 aromatic heterocycles. The fourth-order valence-corrected chi connectivity index (χ4v) is 1.45. The Kier molecular flexibility index (Phi) is 2.75. The summed E-state index contributed by atoms with van der Waals surface area (Å²) in [6, 6.07) is 6.83. The Bertz CT molecular complexity index is 500. The first-order valence-corrected chi connectivity index (χ1v) is 4.96. The molecule has 0 aliphatic carbocycles. The molecule has 1 aromatic carbocycles. The van der Waals surface area contributed by atoms with Crippen LogP contribution >= 0.6 is 23.2 Å². The van der Waals surface area contributed by atoms with Crippen molar-refractivity contribution in [3.05, 3.63) is 40.5 Å². The maximum atomic E-state index is 5.88. The molecule has 0 saturated heterocycles. The van der Waals surface area contributed by atoms with Crippen molar-refractivity contribution in [2.75, 3.05) is 5.73 Å². The van der Waals surface area contributed by atoms with Gasteiger partial charge >= 0.3 is 0 Å². The Morgan fingerprint density at radius 1 is 1.07 bits per heavy atom. The van der Waals surface area contributed by atoms with Crippen molar-refractivity contribution >= 4 is 29.0 Å². The molecule has 0 aliphatic heterocycles. The van der Waals surface area contributed by atoms with E-state index in [0.717, 1.165) is 5.56 Å². The van der Waals surface area contributed by atoms with Crippen molar-refractivity contribution in [2.24, 2.45) is 0 Å². The predicted molar refractivity (Wildman–Crippen MR) is 61.9 cm³/mol. The van der Waals surface area contributed by atoms with Crippen LogP contribution in [0, 0.1) is 0 Å². The van der Waals surface area contributed by atoms with Crippen LogP contribution in [-0.2, 0) is 0 Å². The number of benzene rings is 1. The third-order valence-electron chi connectivity index (χ3n) is 1.85. The first-order chi connectivity index (χ1) is 7.16. The monoisotopic (exact) mass is 239 g/mol. The SMILES string of the molecule is Nc1ccnc(-c2ccc(Cl)c(Cl)c2)n1. The number of nitrogens with two attached hydrogens (primary N) is 1. The minimum Gasteiger partial charge on any atom is -0.384 e. The summed E-state index contributed by atoms with van der Waals surface area (Å²) in [5.74, 6) is 0.958. The fraction of sp³-hybridized carbons (Fsp3) is 0. The molecule has 3 nitrogen and oxygen atoms in total. The molecule has 76 valence electrons. The third-order valence-corrected chi connectivity index (χ3v) is 2.59. The fourth-order valence-electron chi connectivity index (χ4n) is 1.15. The lowest BCUT2D eigenvalue weighted by molar-refractivity contribution is 1.18. The van der Waals surface area contributed by atoms with Crippen LogP contribution in [0.1, 0.15) is 0 Å². The maximum Gasteiger partial charge on any atom is 0.161 e. The Hall–Kier alpha value is -1.32. The molecule has 1 heterocycles. The lowest BCUT2D eigenvalue weighted by Crippen LogP contribution is -1.94. The highest BCUT2D eigenvalue weighted by Gasteiger charge is 2.04. The largest absolute Gasteiger partial charge is 0.384 e. The minimum absolute atomic E-state index is 0.422. The molecule has 2 N–H and O–H groups in total. The molecule has 5 heteroatoms. The van der Waals surface area contributed by atoms with Crippen molar-refractivity contribution in [2.45, 2.75) is 0 Å². The topological polar surface area (TPSA) is 51.8 Å². The van der Waals surface area contributed by atoms with Crippen molar-refractivity contribution in [3.8, 4) is 11.4 Å². The number of nitrogens with zero attached hydrogens (tertiary/aromatic N) is 2. The van der Waals surface area contributed by atoms with Crippen LogP contribution in [0.25, 0.3) is 11.4 Å². The van der Waals surface area contributed by atoms with Gasteiger partial charge in [0.15, 0.2) is 5.82 Å². The van der Waals surface area contributed by atoms with Crippen LogP contribution in [0.15, 0.2) is 30.5 Å². The van der Waals surface area contributed by atoms with Gasteiger partial charge in [-0.2, -0.15) is 0 Å². The average Bonchev–Trinajstić information content (AvgIpc) is 2.22. The number of nitrogen functional groups attached to an aromatic ring is 1. The van der Waals surface area contributed by atoms with E-state index in [1.54, 1.807) is 30.5 Å². The second-order valence-electron chi connectivity index (χ2n) is 2.93. The van der Waals surface area contributed by atoms with E-state index in [0.29, 0.717) is 21.7 Å². The average molecular weight is 240 g/mol. The molecule has 0 unspecified atom stereocenters. The van der Waals surface area contributed by atoms with Gasteiger partial charge in [-0.05, 0) is 24.3 Å². The molecular formula is C10H7Cl2N3. The molecule has 2 aromatic rings.